The van der Waals surface area contributed by atoms with Gasteiger partial charge in [0.1, 0.15) is 16.4 Å². The molecule has 4 rings (SSSR count). The smallest absolute Gasteiger partial charge is 0.333 e. The number of hydrogen-bond donors (Lipinski definition) is 1. The maximum absolute atomic E-state index is 12.4. The number of ether oxygens (including phenoxy) is 1. The molecule has 3 aromatic rings. The second-order valence-corrected chi connectivity index (χ2v) is 8.42. The van der Waals surface area contributed by atoms with E-state index in [9.17, 15) is 10.1 Å². The third-order valence-electron chi connectivity index (χ3n) is 5.42. The molecule has 1 N–H and O–H groups in total. The minimum Gasteiger partial charge on any atom is -0.494 e. The van der Waals surface area contributed by atoms with Gasteiger partial charge in [0.15, 0.2) is 5.03 Å². The van der Waals surface area contributed by atoms with E-state index in [1.807, 2.05) is 17.9 Å². The molecule has 2 aromatic carbocycles. The molecule has 9 nitrogen and oxygen atoms in total. The van der Waals surface area contributed by atoms with Crippen LogP contribution in [0.4, 0.5) is 5.69 Å². The van der Waals surface area contributed by atoms with Crippen LogP contribution in [0.2, 0.25) is 0 Å². The summed E-state index contributed by atoms with van der Waals surface area (Å²) in [7, 11) is 0. The van der Waals surface area contributed by atoms with Crippen LogP contribution in [-0.2, 0) is 0 Å². The first-order chi connectivity index (χ1) is 16.5. The van der Waals surface area contributed by atoms with E-state index in [1.165, 1.54) is 4.68 Å². The predicted octanol–water partition coefficient (Wildman–Crippen LogP) is 5.48. The monoisotopic (exact) mass is 502 g/mol. The summed E-state index contributed by atoms with van der Waals surface area (Å²) in [6.45, 7) is 3.80. The van der Waals surface area contributed by atoms with Crippen molar-refractivity contribution in [1.82, 2.24) is 19.9 Å². The van der Waals surface area contributed by atoms with Gasteiger partial charge in [-0.05, 0) is 62.6 Å². The van der Waals surface area contributed by atoms with Crippen molar-refractivity contribution in [1.29, 1.82) is 0 Å². The topological polar surface area (TPSA) is 98.3 Å². The zero-order valence-electron chi connectivity index (χ0n) is 18.6. The molecule has 2 heterocycles. The maximum atomic E-state index is 12.4. The summed E-state index contributed by atoms with van der Waals surface area (Å²) < 4.78 is 6.86. The Kier molecular flexibility index (Phi) is 7.54. The largest absolute Gasteiger partial charge is 0.494 e. The summed E-state index contributed by atoms with van der Waals surface area (Å²) >= 11 is 13.2. The lowest BCUT2D eigenvalue weighted by atomic mass is 10.1. The molecule has 34 heavy (non-hydrogen) atoms. The van der Waals surface area contributed by atoms with Crippen molar-refractivity contribution in [2.24, 2.45) is 0 Å². The summed E-state index contributed by atoms with van der Waals surface area (Å²) in [5.41, 5.74) is 1.34. The number of hydrogen-bond acceptors (Lipinski definition) is 7. The summed E-state index contributed by atoms with van der Waals surface area (Å²) in [4.78, 5) is 13.7. The maximum Gasteiger partial charge on any atom is 0.333 e. The van der Waals surface area contributed by atoms with Crippen LogP contribution in [0.25, 0.3) is 16.9 Å². The van der Waals surface area contributed by atoms with Crippen LogP contribution < -0.4 is 10.1 Å². The summed E-state index contributed by atoms with van der Waals surface area (Å²) in [5, 5.41) is 23.8. The van der Waals surface area contributed by atoms with Gasteiger partial charge in [0.2, 0.25) is 5.82 Å². The average Bonchev–Trinajstić information content (AvgIpc) is 3.29. The van der Waals surface area contributed by atoms with Gasteiger partial charge in [-0.3, -0.25) is 10.1 Å². The van der Waals surface area contributed by atoms with Crippen LogP contribution in [0.15, 0.2) is 64.4 Å². The predicted molar refractivity (Wildman–Crippen MR) is 133 cm³/mol. The van der Waals surface area contributed by atoms with Crippen molar-refractivity contribution < 1.29 is 9.66 Å². The van der Waals surface area contributed by atoms with E-state index in [4.69, 9.17) is 27.9 Å². The molecule has 0 bridgehead atoms. The number of para-hydroxylation sites is 1. The molecule has 178 valence electrons. The minimum absolute atomic E-state index is 0.0306. The SMILES string of the molecule is CCOc1ccc(N/C(=C(/C(Cl)=C(\Cl)N2CCCCC2)[N+](=O)[O-])n2nnc3ccccc32)cc1. The number of anilines is 1. The molecule has 0 saturated carbocycles. The molecule has 0 radical (unpaired) electrons. The number of nitrogens with zero attached hydrogens (tertiary/aromatic N) is 5. The van der Waals surface area contributed by atoms with E-state index in [0.29, 0.717) is 42.2 Å². The van der Waals surface area contributed by atoms with E-state index in [1.54, 1.807) is 42.5 Å². The zero-order valence-corrected chi connectivity index (χ0v) is 20.1. The molecule has 0 atom stereocenters. The molecular weight excluding hydrogens is 479 g/mol. The van der Waals surface area contributed by atoms with Crippen molar-refractivity contribution in [2.75, 3.05) is 25.0 Å². The standard InChI is InChI=1S/C23H24Cl2N6O3/c1-2-34-17-12-10-16(11-13-17)26-23(30-19-9-5-4-8-18(19)27-28-30)21(31(32)33)20(24)22(25)29-14-6-3-7-15-29/h4-5,8-13,26H,2-3,6-7,14-15H2,1H3/b22-20-,23-21+. The molecule has 0 amide bonds. The van der Waals surface area contributed by atoms with Crippen LogP contribution in [0.3, 0.4) is 0 Å². The van der Waals surface area contributed by atoms with E-state index in [2.05, 4.69) is 15.6 Å². The lowest BCUT2D eigenvalue weighted by molar-refractivity contribution is -0.419. The number of nitro groups is 1. The Balaban J connectivity index is 1.87. The normalized spacial score (nSPS) is 15.6. The second-order valence-electron chi connectivity index (χ2n) is 7.68. The van der Waals surface area contributed by atoms with Gasteiger partial charge >= 0.3 is 5.70 Å². The zero-order chi connectivity index (χ0) is 24.1. The van der Waals surface area contributed by atoms with Crippen LogP contribution >= 0.6 is 23.2 Å². The Morgan fingerprint density at radius 1 is 1.12 bits per heavy atom. The molecule has 1 aliphatic rings. The number of benzene rings is 2. The number of fused-ring (bicyclic) bond motifs is 1. The highest BCUT2D eigenvalue weighted by Crippen LogP contribution is 2.32. The van der Waals surface area contributed by atoms with Gasteiger partial charge in [-0.1, -0.05) is 40.5 Å². The number of aromatic nitrogens is 3. The molecule has 1 saturated heterocycles. The molecular formula is C23H24Cl2N6O3. The number of allylic oxidation sites excluding steroid dienone is 1. The Bertz CT molecular complexity index is 1230. The number of halogens is 2. The van der Waals surface area contributed by atoms with Crippen molar-refractivity contribution in [3.63, 3.8) is 0 Å². The number of likely N-dealkylation sites (tertiary alicyclic amines) is 1. The molecule has 0 spiro atoms. The van der Waals surface area contributed by atoms with E-state index >= 15 is 0 Å². The van der Waals surface area contributed by atoms with Crippen molar-refractivity contribution in [2.45, 2.75) is 26.2 Å². The number of piperidine rings is 1. The third kappa shape index (κ3) is 5.10. The van der Waals surface area contributed by atoms with Gasteiger partial charge in [-0.2, -0.15) is 4.68 Å². The van der Waals surface area contributed by atoms with Crippen LogP contribution in [0.5, 0.6) is 5.75 Å². The lowest BCUT2D eigenvalue weighted by Crippen LogP contribution is -2.28. The fourth-order valence-corrected chi connectivity index (χ4v) is 4.32. The highest BCUT2D eigenvalue weighted by molar-refractivity contribution is 6.40. The molecule has 0 unspecified atom stereocenters. The van der Waals surface area contributed by atoms with Gasteiger partial charge in [-0.15, -0.1) is 5.10 Å². The Morgan fingerprint density at radius 2 is 1.82 bits per heavy atom. The highest BCUT2D eigenvalue weighted by Gasteiger charge is 2.31. The summed E-state index contributed by atoms with van der Waals surface area (Å²) in [6.07, 6.45) is 2.98. The Morgan fingerprint density at radius 3 is 2.50 bits per heavy atom. The van der Waals surface area contributed by atoms with Gasteiger partial charge in [0.05, 0.1) is 17.0 Å². The quantitative estimate of drug-likeness (QED) is 0.188. The van der Waals surface area contributed by atoms with E-state index in [-0.39, 0.29) is 16.0 Å². The summed E-state index contributed by atoms with van der Waals surface area (Å²) in [6, 6.07) is 14.2. The number of rotatable bonds is 8. The Labute approximate surface area is 206 Å². The van der Waals surface area contributed by atoms with Crippen LogP contribution in [-0.4, -0.2) is 44.5 Å². The van der Waals surface area contributed by atoms with Gasteiger partial charge < -0.3 is 15.0 Å². The van der Waals surface area contributed by atoms with Gasteiger partial charge in [0.25, 0.3) is 0 Å². The first-order valence-corrected chi connectivity index (χ1v) is 11.7. The lowest BCUT2D eigenvalue weighted by Gasteiger charge is -2.28. The first-order valence-electron chi connectivity index (χ1n) is 11.0. The van der Waals surface area contributed by atoms with Crippen molar-refractivity contribution in [3.8, 4) is 5.75 Å². The number of nitrogens with one attached hydrogen (secondary N) is 1. The average molecular weight is 503 g/mol. The molecule has 1 aliphatic heterocycles. The summed E-state index contributed by atoms with van der Waals surface area (Å²) in [5.74, 6) is 0.716. The van der Waals surface area contributed by atoms with Crippen LogP contribution in [0.1, 0.15) is 26.2 Å². The minimum atomic E-state index is -0.554. The Hall–Kier alpha value is -3.30. The molecule has 0 aliphatic carbocycles. The third-order valence-corrected chi connectivity index (χ3v) is 6.30. The molecule has 11 heteroatoms. The highest BCUT2D eigenvalue weighted by atomic mass is 35.5. The van der Waals surface area contributed by atoms with E-state index < -0.39 is 10.6 Å². The van der Waals surface area contributed by atoms with Crippen LogP contribution in [0, 0.1) is 10.1 Å². The second kappa shape index (κ2) is 10.8. The van der Waals surface area contributed by atoms with Crippen molar-refractivity contribution in [3.05, 3.63) is 74.5 Å². The molecule has 1 aromatic heterocycles. The van der Waals surface area contributed by atoms with Gasteiger partial charge in [0, 0.05) is 18.8 Å². The van der Waals surface area contributed by atoms with Crippen molar-refractivity contribution >= 4 is 45.7 Å². The fourth-order valence-electron chi connectivity index (χ4n) is 3.78. The molecule has 1 fully saturated rings. The fraction of sp³-hybridized carbons (Fsp3) is 0.304. The van der Waals surface area contributed by atoms with Gasteiger partial charge in [-0.25, -0.2) is 0 Å². The first kappa shape index (κ1) is 23.8. The van der Waals surface area contributed by atoms with E-state index in [0.717, 1.165) is 19.3 Å².